The zero-order chi connectivity index (χ0) is 12.3. The molecule has 3 heteroatoms. The minimum atomic E-state index is -1.03. The summed E-state index contributed by atoms with van der Waals surface area (Å²) in [5.41, 5.74) is 0. The molecule has 0 aliphatic heterocycles. The maximum atomic E-state index is 5.87. The van der Waals surface area contributed by atoms with Gasteiger partial charge in [0.15, 0.2) is 0 Å². The largest absolute Gasteiger partial charge is 0.388 e. The third-order valence-electron chi connectivity index (χ3n) is 2.84. The molecule has 0 fully saturated rings. The Labute approximate surface area is 104 Å². The molecular formula is C14H17O2Si. The third kappa shape index (κ3) is 2.75. The first kappa shape index (κ1) is 12.3. The average Bonchev–Trinajstić information content (AvgIpc) is 2.37. The topological polar surface area (TPSA) is 18.5 Å². The van der Waals surface area contributed by atoms with Gasteiger partial charge in [0, 0.05) is 7.11 Å². The molecule has 0 aliphatic carbocycles. The van der Waals surface area contributed by atoms with E-state index in [0.29, 0.717) is 0 Å². The Hall–Kier alpha value is -1.16. The predicted molar refractivity (Wildman–Crippen MR) is 72.8 cm³/mol. The predicted octanol–water partition coefficient (Wildman–Crippen LogP) is 2.68. The van der Waals surface area contributed by atoms with Crippen LogP contribution < -0.4 is 5.19 Å². The third-order valence-corrected chi connectivity index (χ3v) is 4.72. The summed E-state index contributed by atoms with van der Waals surface area (Å²) in [5.74, 6) is 0. The Morgan fingerprint density at radius 3 is 2.53 bits per heavy atom. The van der Waals surface area contributed by atoms with E-state index in [0.717, 1.165) is 0 Å². The van der Waals surface area contributed by atoms with E-state index in [4.69, 9.17) is 9.16 Å². The standard InChI is InChI=1S/C14H17O2Si/c1-11(15-2)16-17(3)14-10-6-8-12-7-4-5-9-13(12)14/h4-11H,1-3H3. The lowest BCUT2D eigenvalue weighted by Crippen LogP contribution is -2.34. The van der Waals surface area contributed by atoms with Gasteiger partial charge in [-0.15, -0.1) is 0 Å². The first-order valence-electron chi connectivity index (χ1n) is 5.73. The van der Waals surface area contributed by atoms with Crippen molar-refractivity contribution in [2.45, 2.75) is 19.8 Å². The normalized spacial score (nSPS) is 13.2. The van der Waals surface area contributed by atoms with Gasteiger partial charge in [-0.25, -0.2) is 0 Å². The first-order valence-corrected chi connectivity index (χ1v) is 7.64. The van der Waals surface area contributed by atoms with Crippen LogP contribution in [0.4, 0.5) is 0 Å². The van der Waals surface area contributed by atoms with Crippen LogP contribution in [0.2, 0.25) is 6.55 Å². The van der Waals surface area contributed by atoms with E-state index in [1.807, 2.05) is 6.92 Å². The van der Waals surface area contributed by atoms with Gasteiger partial charge >= 0.3 is 0 Å². The van der Waals surface area contributed by atoms with E-state index >= 15 is 0 Å². The van der Waals surface area contributed by atoms with Gasteiger partial charge in [-0.3, -0.25) is 0 Å². The van der Waals surface area contributed by atoms with E-state index in [1.165, 1.54) is 16.0 Å². The van der Waals surface area contributed by atoms with E-state index < -0.39 is 9.04 Å². The van der Waals surface area contributed by atoms with Gasteiger partial charge in [0.2, 0.25) is 9.04 Å². The lowest BCUT2D eigenvalue weighted by atomic mass is 10.1. The number of rotatable bonds is 4. The van der Waals surface area contributed by atoms with Crippen molar-refractivity contribution in [2.75, 3.05) is 7.11 Å². The molecule has 0 spiro atoms. The van der Waals surface area contributed by atoms with Crippen molar-refractivity contribution >= 4 is 25.0 Å². The van der Waals surface area contributed by atoms with Crippen molar-refractivity contribution < 1.29 is 9.16 Å². The lowest BCUT2D eigenvalue weighted by Gasteiger charge is -2.17. The van der Waals surface area contributed by atoms with Crippen molar-refractivity contribution in [3.63, 3.8) is 0 Å². The Morgan fingerprint density at radius 2 is 1.76 bits per heavy atom. The molecule has 0 saturated heterocycles. The van der Waals surface area contributed by atoms with Crippen molar-refractivity contribution in [3.05, 3.63) is 42.5 Å². The van der Waals surface area contributed by atoms with Crippen LogP contribution in [0.25, 0.3) is 10.8 Å². The summed E-state index contributed by atoms with van der Waals surface area (Å²) in [5, 5.41) is 3.86. The Balaban J connectivity index is 2.34. The molecule has 0 saturated carbocycles. The highest BCUT2D eigenvalue weighted by Crippen LogP contribution is 2.12. The summed E-state index contributed by atoms with van der Waals surface area (Å²) in [6.07, 6.45) is -0.146. The van der Waals surface area contributed by atoms with E-state index in [1.54, 1.807) is 7.11 Å². The molecular weight excluding hydrogens is 228 g/mol. The fourth-order valence-electron chi connectivity index (χ4n) is 1.89. The van der Waals surface area contributed by atoms with Gasteiger partial charge in [0.1, 0.15) is 6.29 Å². The molecule has 0 bridgehead atoms. The molecule has 2 rings (SSSR count). The second-order valence-electron chi connectivity index (χ2n) is 4.00. The highest BCUT2D eigenvalue weighted by atomic mass is 28.3. The van der Waals surface area contributed by atoms with Gasteiger partial charge in [-0.1, -0.05) is 42.5 Å². The van der Waals surface area contributed by atoms with Gasteiger partial charge in [-0.05, 0) is 29.4 Å². The van der Waals surface area contributed by atoms with Gasteiger partial charge in [-0.2, -0.15) is 0 Å². The van der Waals surface area contributed by atoms with Crippen molar-refractivity contribution in [1.82, 2.24) is 0 Å². The Morgan fingerprint density at radius 1 is 1.06 bits per heavy atom. The summed E-state index contributed by atoms with van der Waals surface area (Å²) in [7, 11) is 0.641. The van der Waals surface area contributed by atoms with Gasteiger partial charge < -0.3 is 9.16 Å². The summed E-state index contributed by atoms with van der Waals surface area (Å²) in [6.45, 7) is 4.08. The van der Waals surface area contributed by atoms with Crippen molar-refractivity contribution in [2.24, 2.45) is 0 Å². The molecule has 2 aromatic rings. The summed E-state index contributed by atoms with van der Waals surface area (Å²) >= 11 is 0. The van der Waals surface area contributed by atoms with Gasteiger partial charge in [0.25, 0.3) is 0 Å². The summed E-state index contributed by atoms with van der Waals surface area (Å²) in [6, 6.07) is 14.8. The zero-order valence-electron chi connectivity index (χ0n) is 10.4. The SMILES string of the molecule is COC(C)O[Si](C)c1cccc2ccccc12. The first-order chi connectivity index (χ1) is 8.22. The maximum absolute atomic E-state index is 5.87. The van der Waals surface area contributed by atoms with Crippen LogP contribution >= 0.6 is 0 Å². The number of hydrogen-bond acceptors (Lipinski definition) is 2. The minimum absolute atomic E-state index is 0.146. The fourth-order valence-corrected chi connectivity index (χ4v) is 3.55. The number of fused-ring (bicyclic) bond motifs is 1. The number of methoxy groups -OCH3 is 1. The molecule has 17 heavy (non-hydrogen) atoms. The average molecular weight is 245 g/mol. The van der Waals surface area contributed by atoms with E-state index in [9.17, 15) is 0 Å². The van der Waals surface area contributed by atoms with Crippen LogP contribution in [0, 0.1) is 0 Å². The maximum Gasteiger partial charge on any atom is 0.247 e. The molecule has 89 valence electrons. The van der Waals surface area contributed by atoms with Crippen LogP contribution in [0.1, 0.15) is 6.92 Å². The number of benzene rings is 2. The van der Waals surface area contributed by atoms with E-state index in [2.05, 4.69) is 49.0 Å². The number of ether oxygens (including phenoxy) is 1. The molecule has 2 aromatic carbocycles. The molecule has 1 unspecified atom stereocenters. The highest BCUT2D eigenvalue weighted by Gasteiger charge is 2.15. The second kappa shape index (κ2) is 5.45. The molecule has 2 nitrogen and oxygen atoms in total. The van der Waals surface area contributed by atoms with Crippen molar-refractivity contribution in [3.8, 4) is 0 Å². The second-order valence-corrected chi connectivity index (χ2v) is 5.89. The monoisotopic (exact) mass is 245 g/mol. The van der Waals surface area contributed by atoms with Crippen LogP contribution in [-0.4, -0.2) is 22.4 Å². The zero-order valence-corrected chi connectivity index (χ0v) is 11.4. The van der Waals surface area contributed by atoms with Gasteiger partial charge in [0.05, 0.1) is 0 Å². The molecule has 0 heterocycles. The minimum Gasteiger partial charge on any atom is -0.388 e. The molecule has 0 aliphatic rings. The molecule has 0 aromatic heterocycles. The fraction of sp³-hybridized carbons (Fsp3) is 0.286. The lowest BCUT2D eigenvalue weighted by molar-refractivity contribution is -0.0390. The van der Waals surface area contributed by atoms with Crippen LogP contribution in [0.15, 0.2) is 42.5 Å². The van der Waals surface area contributed by atoms with Crippen LogP contribution in [0.3, 0.4) is 0 Å². The quantitative estimate of drug-likeness (QED) is 0.609. The molecule has 1 radical (unpaired) electrons. The van der Waals surface area contributed by atoms with Crippen molar-refractivity contribution in [1.29, 1.82) is 0 Å². The van der Waals surface area contributed by atoms with Crippen LogP contribution in [0.5, 0.6) is 0 Å². The van der Waals surface area contributed by atoms with Crippen LogP contribution in [-0.2, 0) is 9.16 Å². The van der Waals surface area contributed by atoms with E-state index in [-0.39, 0.29) is 6.29 Å². The summed E-state index contributed by atoms with van der Waals surface area (Å²) in [4.78, 5) is 0. The Kier molecular flexibility index (Phi) is 3.94. The number of hydrogen-bond donors (Lipinski definition) is 0. The smallest absolute Gasteiger partial charge is 0.247 e. The summed E-state index contributed by atoms with van der Waals surface area (Å²) < 4.78 is 11.0. The highest BCUT2D eigenvalue weighted by molar-refractivity contribution is 6.68. The Bertz CT molecular complexity index is 493. The molecule has 0 N–H and O–H groups in total. The molecule has 0 amide bonds. The molecule has 1 atom stereocenters.